The number of hydrogen-bond donors (Lipinski definition) is 12. The molecule has 0 bridgehead atoms. The third-order valence-corrected chi connectivity index (χ3v) is 9.20. The van der Waals surface area contributed by atoms with Crippen molar-refractivity contribution in [3.05, 3.63) is 100 Å². The zero-order valence-electron chi connectivity index (χ0n) is 26.9. The molecule has 0 radical (unpaired) electrons. The monoisotopic (exact) mass is 730 g/mol. The van der Waals surface area contributed by atoms with E-state index < -0.39 is 93.8 Å². The Labute approximate surface area is 297 Å². The molecule has 16 nitrogen and oxygen atoms in total. The number of fused-ring (bicyclic) bond motifs is 2. The van der Waals surface area contributed by atoms with Gasteiger partial charge in [-0.1, -0.05) is 0 Å². The third-order valence-electron chi connectivity index (χ3n) is 9.20. The van der Waals surface area contributed by atoms with E-state index in [9.17, 15) is 66.1 Å². The van der Waals surface area contributed by atoms with Gasteiger partial charge in [0.1, 0.15) is 52.5 Å². The standard InChI is InChI=1S/C37H30O16/c38-16-3-1-13(2-4-16)37(50)52-27-11-18-19(40)12-21(42)29(36(18)53-34(27)14-5-22(43)31(47)23(44)6-14)30-28-20(41)9-17(39)10-26(28)51-35(33(30)49)15-7-24(45)32(48)25(46)8-15/h1-10,12,27,30,33-35,38-49H,11H2/t27-,30+,33-,34-,35+/m0/s1. The zero-order chi connectivity index (χ0) is 38.0. The average Bonchev–Trinajstić information content (AvgIpc) is 3.10. The van der Waals surface area contributed by atoms with Crippen molar-refractivity contribution < 1.29 is 80.3 Å². The molecule has 0 unspecified atom stereocenters. The molecule has 0 aromatic heterocycles. The largest absolute Gasteiger partial charge is 0.508 e. The number of aromatic hydroxyl groups is 11. The first-order valence-corrected chi connectivity index (χ1v) is 15.8. The lowest BCUT2D eigenvalue weighted by Crippen LogP contribution is -2.38. The Morgan fingerprint density at radius 2 is 1.13 bits per heavy atom. The van der Waals surface area contributed by atoms with Gasteiger partial charge in [-0.3, -0.25) is 0 Å². The number of carbonyl (C=O) groups excluding carboxylic acids is 1. The molecule has 2 heterocycles. The number of carbonyl (C=O) groups is 1. The van der Waals surface area contributed by atoms with Gasteiger partial charge in [0, 0.05) is 52.4 Å². The van der Waals surface area contributed by atoms with Gasteiger partial charge in [-0.05, 0) is 48.5 Å². The van der Waals surface area contributed by atoms with Crippen molar-refractivity contribution in [1.82, 2.24) is 0 Å². The summed E-state index contributed by atoms with van der Waals surface area (Å²) in [6.45, 7) is 0. The summed E-state index contributed by atoms with van der Waals surface area (Å²) in [5.41, 5.74) is -0.658. The highest BCUT2D eigenvalue weighted by atomic mass is 16.6. The van der Waals surface area contributed by atoms with Crippen molar-refractivity contribution in [2.45, 2.75) is 36.8 Å². The van der Waals surface area contributed by atoms with E-state index in [0.717, 1.165) is 42.5 Å². The molecule has 2 aliphatic rings. The summed E-state index contributed by atoms with van der Waals surface area (Å²) in [4.78, 5) is 13.3. The van der Waals surface area contributed by atoms with E-state index in [1.807, 2.05) is 0 Å². The van der Waals surface area contributed by atoms with Crippen molar-refractivity contribution in [1.29, 1.82) is 0 Å². The van der Waals surface area contributed by atoms with Crippen molar-refractivity contribution >= 4 is 5.97 Å². The second-order valence-electron chi connectivity index (χ2n) is 12.6. The van der Waals surface area contributed by atoms with Crippen LogP contribution in [0.1, 0.15) is 56.3 Å². The highest BCUT2D eigenvalue weighted by molar-refractivity contribution is 5.89. The van der Waals surface area contributed by atoms with E-state index in [-0.39, 0.29) is 57.1 Å². The number of aliphatic hydroxyl groups excluding tert-OH is 1. The van der Waals surface area contributed by atoms with Crippen LogP contribution < -0.4 is 9.47 Å². The Morgan fingerprint density at radius 3 is 1.72 bits per heavy atom. The van der Waals surface area contributed by atoms with Gasteiger partial charge >= 0.3 is 5.97 Å². The lowest BCUT2D eigenvalue weighted by atomic mass is 9.77. The van der Waals surface area contributed by atoms with Crippen LogP contribution in [-0.2, 0) is 11.2 Å². The van der Waals surface area contributed by atoms with Crippen LogP contribution >= 0.6 is 0 Å². The first-order valence-electron chi connectivity index (χ1n) is 15.8. The van der Waals surface area contributed by atoms with Gasteiger partial charge in [0.25, 0.3) is 0 Å². The smallest absolute Gasteiger partial charge is 0.338 e. The van der Waals surface area contributed by atoms with Crippen LogP contribution in [0.5, 0.6) is 74.7 Å². The maximum atomic E-state index is 13.3. The minimum atomic E-state index is -1.82. The van der Waals surface area contributed by atoms with Gasteiger partial charge in [0.15, 0.2) is 46.7 Å². The maximum absolute atomic E-state index is 13.3. The molecule has 5 aromatic carbocycles. The topological polar surface area (TPSA) is 288 Å². The highest BCUT2D eigenvalue weighted by Gasteiger charge is 2.47. The first-order chi connectivity index (χ1) is 25.1. The third kappa shape index (κ3) is 5.85. The molecule has 12 N–H and O–H groups in total. The minimum absolute atomic E-state index is 0.0115. The predicted octanol–water partition coefficient (Wildman–Crippen LogP) is 3.98. The Hall–Kier alpha value is -7.07. The van der Waals surface area contributed by atoms with Crippen molar-refractivity contribution in [3.63, 3.8) is 0 Å². The summed E-state index contributed by atoms with van der Waals surface area (Å²) < 4.78 is 18.1. The Balaban J connectivity index is 1.41. The van der Waals surface area contributed by atoms with Gasteiger partial charge in [-0.2, -0.15) is 0 Å². The molecule has 0 saturated carbocycles. The number of esters is 1. The molecular formula is C37H30O16. The fourth-order valence-corrected chi connectivity index (χ4v) is 6.74. The summed E-state index contributed by atoms with van der Waals surface area (Å²) >= 11 is 0. The van der Waals surface area contributed by atoms with E-state index in [2.05, 4.69) is 0 Å². The fraction of sp³-hybridized carbons (Fsp3) is 0.162. The van der Waals surface area contributed by atoms with E-state index in [4.69, 9.17) is 14.2 Å². The molecule has 0 spiro atoms. The van der Waals surface area contributed by atoms with Crippen molar-refractivity contribution in [2.24, 2.45) is 0 Å². The summed E-state index contributed by atoms with van der Waals surface area (Å²) in [7, 11) is 0. The van der Waals surface area contributed by atoms with Crippen molar-refractivity contribution in [2.75, 3.05) is 0 Å². The number of hydrogen-bond acceptors (Lipinski definition) is 16. The fourth-order valence-electron chi connectivity index (χ4n) is 6.74. The van der Waals surface area contributed by atoms with Crippen LogP contribution in [0.2, 0.25) is 0 Å². The van der Waals surface area contributed by atoms with Gasteiger partial charge in [0.2, 0.25) is 0 Å². The molecule has 53 heavy (non-hydrogen) atoms. The van der Waals surface area contributed by atoms with Gasteiger partial charge in [0.05, 0.1) is 11.5 Å². The molecule has 0 fully saturated rings. The number of phenolic OH excluding ortho intramolecular Hbond substituents is 11. The molecule has 0 amide bonds. The Morgan fingerprint density at radius 1 is 0.585 bits per heavy atom. The molecule has 0 saturated heterocycles. The normalized spacial score (nSPS) is 20.4. The molecule has 2 aliphatic heterocycles. The number of benzene rings is 5. The summed E-state index contributed by atoms with van der Waals surface area (Å²) in [6, 6.07) is 12.0. The number of aliphatic hydroxyl groups is 1. The number of phenols is 11. The average molecular weight is 731 g/mol. The van der Waals surface area contributed by atoms with E-state index in [0.29, 0.717) is 0 Å². The van der Waals surface area contributed by atoms with Crippen molar-refractivity contribution in [3.8, 4) is 74.7 Å². The number of ether oxygens (including phenoxy) is 3. The van der Waals surface area contributed by atoms with Crippen LogP contribution in [0.25, 0.3) is 0 Å². The van der Waals surface area contributed by atoms with Gasteiger partial charge < -0.3 is 75.5 Å². The summed E-state index contributed by atoms with van der Waals surface area (Å²) in [6.07, 6.45) is -6.52. The van der Waals surface area contributed by atoms with Crippen LogP contribution in [0.15, 0.2) is 66.7 Å². The second kappa shape index (κ2) is 12.6. The van der Waals surface area contributed by atoms with E-state index in [1.54, 1.807) is 0 Å². The van der Waals surface area contributed by atoms with Gasteiger partial charge in [-0.25, -0.2) is 4.79 Å². The molecule has 7 rings (SSSR count). The molecule has 16 heteroatoms. The second-order valence-corrected chi connectivity index (χ2v) is 12.6. The quantitative estimate of drug-likeness (QED) is 0.0899. The SMILES string of the molecule is O=C(O[C@H]1Cc2c(O)cc(O)c([C@H]3c4c(O)cc(O)cc4O[C@H](c4cc(O)c(O)c(O)c4)[C@H]3O)c2O[C@H]1c1cc(O)c(O)c(O)c1)c1ccc(O)cc1. The van der Waals surface area contributed by atoms with Gasteiger partial charge in [-0.15, -0.1) is 0 Å². The number of rotatable bonds is 5. The molecule has 0 aliphatic carbocycles. The predicted molar refractivity (Wildman–Crippen MR) is 178 cm³/mol. The molecule has 274 valence electrons. The van der Waals surface area contributed by atoms with Crippen LogP contribution in [0.4, 0.5) is 0 Å². The maximum Gasteiger partial charge on any atom is 0.338 e. The molecule has 5 atom stereocenters. The Bertz CT molecular complexity index is 2240. The lowest BCUT2D eigenvalue weighted by molar-refractivity contribution is -0.0210. The summed E-state index contributed by atoms with van der Waals surface area (Å²) in [5, 5.41) is 127. The zero-order valence-corrected chi connectivity index (χ0v) is 26.9. The van der Waals surface area contributed by atoms with Crippen LogP contribution in [0.3, 0.4) is 0 Å². The summed E-state index contributed by atoms with van der Waals surface area (Å²) in [5.74, 6) is -10.3. The minimum Gasteiger partial charge on any atom is -0.508 e. The van der Waals surface area contributed by atoms with E-state index >= 15 is 0 Å². The molecule has 5 aromatic rings. The Kier molecular flexibility index (Phi) is 8.18. The van der Waals surface area contributed by atoms with E-state index in [1.165, 1.54) is 24.3 Å². The van der Waals surface area contributed by atoms with Crippen LogP contribution in [0, 0.1) is 0 Å². The lowest BCUT2D eigenvalue weighted by Gasteiger charge is -2.40. The highest BCUT2D eigenvalue weighted by Crippen LogP contribution is 2.58. The van der Waals surface area contributed by atoms with Crippen LogP contribution in [-0.4, -0.2) is 79.5 Å². The molecular weight excluding hydrogens is 700 g/mol. The first kappa shape index (κ1) is 34.4.